The van der Waals surface area contributed by atoms with E-state index in [1.165, 1.54) is 0 Å². The smallest absolute Gasteiger partial charge is 0.158 e. The van der Waals surface area contributed by atoms with Crippen molar-refractivity contribution >= 4 is 11.6 Å². The van der Waals surface area contributed by atoms with E-state index in [2.05, 4.69) is 15.0 Å². The van der Waals surface area contributed by atoms with Crippen molar-refractivity contribution in [2.24, 2.45) is 0 Å². The van der Waals surface area contributed by atoms with Crippen molar-refractivity contribution < 1.29 is 0 Å². The molecule has 0 aliphatic rings. The van der Waals surface area contributed by atoms with Crippen LogP contribution in [-0.4, -0.2) is 19.5 Å². The van der Waals surface area contributed by atoms with Crippen LogP contribution in [0.4, 0.5) is 0 Å². The van der Waals surface area contributed by atoms with E-state index in [4.69, 9.17) is 11.6 Å². The molecule has 0 spiro atoms. The lowest BCUT2D eigenvalue weighted by Crippen LogP contribution is -2.03. The van der Waals surface area contributed by atoms with E-state index in [1.807, 2.05) is 48.0 Å². The van der Waals surface area contributed by atoms with Gasteiger partial charge in [-0.3, -0.25) is 4.98 Å². The number of hydrogen-bond acceptors (Lipinski definition) is 3. The van der Waals surface area contributed by atoms with Gasteiger partial charge >= 0.3 is 0 Å². The summed E-state index contributed by atoms with van der Waals surface area (Å²) >= 11 is 6.18. The summed E-state index contributed by atoms with van der Waals surface area (Å²) in [7, 11) is 0. The molecule has 0 N–H and O–H groups in total. The molecule has 0 amide bonds. The van der Waals surface area contributed by atoms with E-state index in [-0.39, 0.29) is 0 Å². The Hall–Kier alpha value is -2.20. The van der Waals surface area contributed by atoms with Crippen LogP contribution in [0.15, 0.2) is 48.9 Å². The topological polar surface area (TPSA) is 43.6 Å². The van der Waals surface area contributed by atoms with E-state index in [0.29, 0.717) is 11.7 Å². The van der Waals surface area contributed by atoms with Crippen molar-refractivity contribution in [3.05, 3.63) is 65.3 Å². The Labute approximate surface area is 122 Å². The Kier molecular flexibility index (Phi) is 3.48. The highest BCUT2D eigenvalue weighted by Crippen LogP contribution is 2.19. The molecule has 0 aliphatic heterocycles. The van der Waals surface area contributed by atoms with Crippen molar-refractivity contribution in [2.45, 2.75) is 13.5 Å². The lowest BCUT2D eigenvalue weighted by atomic mass is 10.2. The van der Waals surface area contributed by atoms with Crippen LogP contribution in [0.2, 0.25) is 5.15 Å². The molecule has 0 aromatic carbocycles. The minimum atomic E-state index is 0.533. The summed E-state index contributed by atoms with van der Waals surface area (Å²) in [4.78, 5) is 13.0. The molecule has 3 aromatic rings. The number of imidazole rings is 1. The molecule has 0 radical (unpaired) electrons. The Bertz CT molecular complexity index is 722. The zero-order valence-corrected chi connectivity index (χ0v) is 11.7. The predicted octanol–water partition coefficient (Wildman–Crippen LogP) is 3.35. The first kappa shape index (κ1) is 12.8. The van der Waals surface area contributed by atoms with Crippen LogP contribution >= 0.6 is 11.6 Å². The molecular formula is C15H13ClN4. The molecule has 3 aromatic heterocycles. The highest BCUT2D eigenvalue weighted by molar-refractivity contribution is 6.30. The van der Waals surface area contributed by atoms with Gasteiger partial charge in [0.1, 0.15) is 10.8 Å². The minimum Gasteiger partial charge on any atom is -0.325 e. The largest absolute Gasteiger partial charge is 0.325 e. The van der Waals surface area contributed by atoms with Gasteiger partial charge in [0.25, 0.3) is 0 Å². The molecule has 0 aliphatic carbocycles. The zero-order chi connectivity index (χ0) is 13.9. The van der Waals surface area contributed by atoms with Crippen LogP contribution in [0, 0.1) is 6.92 Å². The van der Waals surface area contributed by atoms with Crippen molar-refractivity contribution in [1.82, 2.24) is 19.5 Å². The van der Waals surface area contributed by atoms with Gasteiger partial charge in [-0.15, -0.1) is 0 Å². The van der Waals surface area contributed by atoms with Crippen molar-refractivity contribution in [3.63, 3.8) is 0 Å². The zero-order valence-electron chi connectivity index (χ0n) is 11.0. The van der Waals surface area contributed by atoms with E-state index in [1.54, 1.807) is 12.4 Å². The van der Waals surface area contributed by atoms with Gasteiger partial charge in [0.05, 0.1) is 6.54 Å². The summed E-state index contributed by atoms with van der Waals surface area (Å²) in [6.07, 6.45) is 5.44. The first-order chi connectivity index (χ1) is 9.74. The van der Waals surface area contributed by atoms with Gasteiger partial charge in [0, 0.05) is 29.8 Å². The lowest BCUT2D eigenvalue weighted by Gasteiger charge is -2.09. The second-order valence-electron chi connectivity index (χ2n) is 4.50. The number of rotatable bonds is 3. The fourth-order valence-corrected chi connectivity index (χ4v) is 2.28. The minimum absolute atomic E-state index is 0.533. The van der Waals surface area contributed by atoms with Crippen LogP contribution in [0.5, 0.6) is 0 Å². The molecule has 0 unspecified atom stereocenters. The standard InChI is InChI=1S/C15H13ClN4/c1-11-5-6-12(14(16)19-11)10-20-9-8-18-15(20)13-4-2-3-7-17-13/h2-9H,10H2,1H3. The van der Waals surface area contributed by atoms with Crippen molar-refractivity contribution in [2.75, 3.05) is 0 Å². The van der Waals surface area contributed by atoms with Gasteiger partial charge < -0.3 is 4.57 Å². The third-order valence-corrected chi connectivity index (χ3v) is 3.34. The molecule has 5 heteroatoms. The molecule has 0 saturated heterocycles. The van der Waals surface area contributed by atoms with E-state index in [9.17, 15) is 0 Å². The number of halogens is 1. The average Bonchev–Trinajstić information content (AvgIpc) is 2.91. The van der Waals surface area contributed by atoms with Gasteiger partial charge in [-0.2, -0.15) is 0 Å². The summed E-state index contributed by atoms with van der Waals surface area (Å²) < 4.78 is 2.01. The molecular weight excluding hydrogens is 272 g/mol. The third kappa shape index (κ3) is 2.56. The normalized spacial score (nSPS) is 10.7. The van der Waals surface area contributed by atoms with Crippen LogP contribution in [-0.2, 0) is 6.54 Å². The number of pyridine rings is 2. The van der Waals surface area contributed by atoms with Crippen LogP contribution in [0.1, 0.15) is 11.3 Å². The molecule has 100 valence electrons. The maximum atomic E-state index is 6.18. The summed E-state index contributed by atoms with van der Waals surface area (Å²) in [6.45, 7) is 2.55. The Morgan fingerprint density at radius 3 is 2.75 bits per heavy atom. The predicted molar refractivity (Wildman–Crippen MR) is 78.5 cm³/mol. The summed E-state index contributed by atoms with van der Waals surface area (Å²) in [6, 6.07) is 9.72. The van der Waals surface area contributed by atoms with E-state index >= 15 is 0 Å². The van der Waals surface area contributed by atoms with Crippen molar-refractivity contribution in [3.8, 4) is 11.5 Å². The van der Waals surface area contributed by atoms with Gasteiger partial charge in [-0.1, -0.05) is 23.7 Å². The van der Waals surface area contributed by atoms with Gasteiger partial charge in [-0.05, 0) is 25.1 Å². The highest BCUT2D eigenvalue weighted by Gasteiger charge is 2.09. The Morgan fingerprint density at radius 1 is 1.10 bits per heavy atom. The SMILES string of the molecule is Cc1ccc(Cn2ccnc2-c2ccccn2)c(Cl)n1. The molecule has 4 nitrogen and oxygen atoms in total. The van der Waals surface area contributed by atoms with Gasteiger partial charge in [-0.25, -0.2) is 9.97 Å². The molecule has 3 rings (SSSR count). The second-order valence-corrected chi connectivity index (χ2v) is 4.85. The monoisotopic (exact) mass is 284 g/mol. The number of hydrogen-bond donors (Lipinski definition) is 0. The lowest BCUT2D eigenvalue weighted by molar-refractivity contribution is 0.798. The molecule has 3 heterocycles. The van der Waals surface area contributed by atoms with Gasteiger partial charge in [0.2, 0.25) is 0 Å². The van der Waals surface area contributed by atoms with Gasteiger partial charge in [0.15, 0.2) is 5.82 Å². The fraction of sp³-hybridized carbons (Fsp3) is 0.133. The van der Waals surface area contributed by atoms with Crippen molar-refractivity contribution in [1.29, 1.82) is 0 Å². The number of nitrogens with zero attached hydrogens (tertiary/aromatic N) is 4. The quantitative estimate of drug-likeness (QED) is 0.693. The Morgan fingerprint density at radius 2 is 2.00 bits per heavy atom. The van der Waals surface area contributed by atoms with Crippen LogP contribution in [0.25, 0.3) is 11.5 Å². The molecule has 0 atom stereocenters. The van der Waals surface area contributed by atoms with E-state index in [0.717, 1.165) is 22.8 Å². The fourth-order valence-electron chi connectivity index (χ4n) is 2.02. The molecule has 20 heavy (non-hydrogen) atoms. The van der Waals surface area contributed by atoms with Crippen LogP contribution in [0.3, 0.4) is 0 Å². The maximum absolute atomic E-state index is 6.18. The second kappa shape index (κ2) is 5.43. The van der Waals surface area contributed by atoms with E-state index < -0.39 is 0 Å². The first-order valence-electron chi connectivity index (χ1n) is 6.28. The summed E-state index contributed by atoms with van der Waals surface area (Å²) in [5.41, 5.74) is 2.72. The summed E-state index contributed by atoms with van der Waals surface area (Å²) in [5, 5.41) is 0.533. The summed E-state index contributed by atoms with van der Waals surface area (Å²) in [5.74, 6) is 0.822. The Balaban J connectivity index is 1.95. The first-order valence-corrected chi connectivity index (χ1v) is 6.66. The van der Waals surface area contributed by atoms with Crippen LogP contribution < -0.4 is 0 Å². The number of aryl methyl sites for hydroxylation is 1. The average molecular weight is 285 g/mol. The molecule has 0 bridgehead atoms. The third-order valence-electron chi connectivity index (χ3n) is 3.02. The number of aromatic nitrogens is 4. The highest BCUT2D eigenvalue weighted by atomic mass is 35.5. The molecule has 0 saturated carbocycles. The maximum Gasteiger partial charge on any atom is 0.158 e. The molecule has 0 fully saturated rings.